The monoisotopic (exact) mass is 1080 g/mol. The molecule has 0 radical (unpaired) electrons. The van der Waals surface area contributed by atoms with E-state index in [9.17, 15) is 19.0 Å². The van der Waals surface area contributed by atoms with Gasteiger partial charge in [-0.25, -0.2) is 4.57 Å². The first kappa shape index (κ1) is 72.4. The van der Waals surface area contributed by atoms with Gasteiger partial charge < -0.3 is 20.1 Å². The number of carbonyl (C=O) groups excluding carboxylic acids is 2. The molecule has 77 heavy (non-hydrogen) atoms. The van der Waals surface area contributed by atoms with E-state index in [1.165, 1.54) is 38.5 Å². The van der Waals surface area contributed by atoms with Crippen molar-refractivity contribution in [2.75, 3.05) is 26.4 Å². The van der Waals surface area contributed by atoms with Crippen LogP contribution in [0, 0.1) is 0 Å². The summed E-state index contributed by atoms with van der Waals surface area (Å²) in [4.78, 5) is 35.2. The zero-order chi connectivity index (χ0) is 55.9. The van der Waals surface area contributed by atoms with Gasteiger partial charge in [-0.1, -0.05) is 235 Å². The van der Waals surface area contributed by atoms with Crippen LogP contribution < -0.4 is 5.73 Å². The zero-order valence-electron chi connectivity index (χ0n) is 48.1. The number of hydrogen-bond acceptors (Lipinski definition) is 8. The molecule has 0 fully saturated rings. The molecule has 0 rings (SSSR count). The minimum atomic E-state index is -4.42. The van der Waals surface area contributed by atoms with Crippen molar-refractivity contribution in [2.24, 2.45) is 5.73 Å². The fourth-order valence-corrected chi connectivity index (χ4v) is 8.07. The van der Waals surface area contributed by atoms with Gasteiger partial charge >= 0.3 is 19.8 Å². The van der Waals surface area contributed by atoms with Crippen LogP contribution in [0.2, 0.25) is 0 Å². The molecule has 0 aromatic carbocycles. The molecule has 2 unspecified atom stereocenters. The molecule has 432 valence electrons. The van der Waals surface area contributed by atoms with Gasteiger partial charge in [-0.3, -0.25) is 18.6 Å². The molecule has 9 nitrogen and oxygen atoms in total. The molecule has 10 heteroatoms. The fourth-order valence-electron chi connectivity index (χ4n) is 7.30. The van der Waals surface area contributed by atoms with Gasteiger partial charge in [-0.2, -0.15) is 0 Å². The van der Waals surface area contributed by atoms with Gasteiger partial charge in [0.05, 0.1) is 13.2 Å². The number of nitrogens with two attached hydrogens (primary N) is 1. The maximum Gasteiger partial charge on any atom is 0.472 e. The van der Waals surface area contributed by atoms with Gasteiger partial charge in [-0.15, -0.1) is 0 Å². The molecular formula is C67H106NO8P. The molecule has 0 heterocycles. The first-order valence-electron chi connectivity index (χ1n) is 29.6. The third-order valence-electron chi connectivity index (χ3n) is 11.6. The second-order valence-electron chi connectivity index (χ2n) is 18.7. The van der Waals surface area contributed by atoms with E-state index in [-0.39, 0.29) is 32.6 Å². The summed E-state index contributed by atoms with van der Waals surface area (Å²) < 4.78 is 33.0. The summed E-state index contributed by atoms with van der Waals surface area (Å²) in [5, 5.41) is 0. The Morgan fingerprint density at radius 2 is 0.675 bits per heavy atom. The van der Waals surface area contributed by atoms with Crippen LogP contribution in [0.5, 0.6) is 0 Å². The van der Waals surface area contributed by atoms with Gasteiger partial charge in [0.2, 0.25) is 0 Å². The highest BCUT2D eigenvalue weighted by Gasteiger charge is 2.26. The van der Waals surface area contributed by atoms with Crippen molar-refractivity contribution in [1.82, 2.24) is 0 Å². The summed E-state index contributed by atoms with van der Waals surface area (Å²) in [6, 6.07) is 0. The summed E-state index contributed by atoms with van der Waals surface area (Å²) in [5.74, 6) is -0.899. The highest BCUT2D eigenvalue weighted by molar-refractivity contribution is 7.47. The van der Waals surface area contributed by atoms with Crippen LogP contribution in [0.1, 0.15) is 206 Å². The number of phosphoric acid groups is 1. The summed E-state index contributed by atoms with van der Waals surface area (Å²) in [6.07, 6.45) is 89.8. The Hall–Kier alpha value is -4.63. The number of unbranched alkanes of at least 4 members (excludes halogenated alkanes) is 12. The van der Waals surface area contributed by atoms with Crippen LogP contribution in [0.3, 0.4) is 0 Å². The van der Waals surface area contributed by atoms with E-state index in [0.717, 1.165) is 128 Å². The molecule has 0 amide bonds. The number of phosphoric ester groups is 1. The standard InChI is InChI=1S/C67H106NO8P/c1-3-5-7-9-11-13-15-17-19-21-23-25-27-29-31-32-34-35-37-39-41-43-45-47-49-51-53-55-57-59-66(69)73-63-65(64-75-77(71,72)74-62-61-68)76-67(70)60-58-56-54-52-50-48-46-44-42-40-38-36-33-30-28-26-24-22-20-18-16-14-12-10-8-6-4-2/h5-8,11-14,17-20,23-26,29-31,33-35,38,40,44,46,50,52,65H,3-4,9-10,15-16,21-22,27-28,32,36-37,39,41-43,45,47-49,51,53-64,68H2,1-2H3,(H,71,72)/b7-5-,8-6-,13-11-,14-12-,19-17-,20-18-,25-23-,26-24-,31-29-,33-30-,35-34-,40-38-,46-44-,52-50-. The molecule has 0 bridgehead atoms. The van der Waals surface area contributed by atoms with Crippen LogP contribution >= 0.6 is 7.82 Å². The number of rotatable bonds is 53. The highest BCUT2D eigenvalue weighted by atomic mass is 31.2. The minimum absolute atomic E-state index is 0.0355. The Morgan fingerprint density at radius 3 is 1.03 bits per heavy atom. The van der Waals surface area contributed by atoms with Crippen LogP contribution in [0.25, 0.3) is 0 Å². The minimum Gasteiger partial charge on any atom is -0.462 e. The molecule has 0 aliphatic rings. The summed E-state index contributed by atoms with van der Waals surface area (Å²) in [5.41, 5.74) is 5.38. The average Bonchev–Trinajstić information content (AvgIpc) is 3.42. The van der Waals surface area contributed by atoms with E-state index >= 15 is 0 Å². The largest absolute Gasteiger partial charge is 0.472 e. The van der Waals surface area contributed by atoms with E-state index < -0.39 is 32.5 Å². The Morgan fingerprint density at radius 1 is 0.390 bits per heavy atom. The smallest absolute Gasteiger partial charge is 0.462 e. The summed E-state index contributed by atoms with van der Waals surface area (Å²) in [6.45, 7) is 3.43. The van der Waals surface area contributed by atoms with Crippen molar-refractivity contribution >= 4 is 19.8 Å². The highest BCUT2D eigenvalue weighted by Crippen LogP contribution is 2.43. The zero-order valence-corrected chi connectivity index (χ0v) is 49.0. The molecule has 3 N–H and O–H groups in total. The van der Waals surface area contributed by atoms with E-state index in [1.807, 2.05) is 0 Å². The molecule has 0 aromatic heterocycles. The Labute approximate surface area is 470 Å². The molecule has 0 spiro atoms. The lowest BCUT2D eigenvalue weighted by atomic mass is 10.1. The maximum absolute atomic E-state index is 12.7. The van der Waals surface area contributed by atoms with Crippen molar-refractivity contribution in [3.8, 4) is 0 Å². The van der Waals surface area contributed by atoms with Gasteiger partial charge in [0.1, 0.15) is 6.61 Å². The van der Waals surface area contributed by atoms with E-state index in [0.29, 0.717) is 12.8 Å². The first-order valence-corrected chi connectivity index (χ1v) is 31.1. The molecule has 0 aliphatic carbocycles. The summed E-state index contributed by atoms with van der Waals surface area (Å²) in [7, 11) is -4.42. The number of hydrogen-bond donors (Lipinski definition) is 2. The van der Waals surface area contributed by atoms with Gasteiger partial charge in [-0.05, 0) is 128 Å². The predicted octanol–water partition coefficient (Wildman–Crippen LogP) is 19.1. The van der Waals surface area contributed by atoms with Crippen LogP contribution in [0.4, 0.5) is 0 Å². The van der Waals surface area contributed by atoms with Crippen molar-refractivity contribution in [2.45, 2.75) is 213 Å². The molecular weight excluding hydrogens is 978 g/mol. The second-order valence-corrected chi connectivity index (χ2v) is 20.2. The van der Waals surface area contributed by atoms with Crippen LogP contribution in [-0.2, 0) is 32.7 Å². The molecule has 0 aliphatic heterocycles. The second kappa shape index (κ2) is 60.6. The molecule has 2 atom stereocenters. The number of carbonyl (C=O) groups is 2. The lowest BCUT2D eigenvalue weighted by Gasteiger charge is -2.19. The Bertz CT molecular complexity index is 1860. The predicted molar refractivity (Wildman–Crippen MR) is 329 cm³/mol. The van der Waals surface area contributed by atoms with Gasteiger partial charge in [0.15, 0.2) is 6.10 Å². The lowest BCUT2D eigenvalue weighted by Crippen LogP contribution is -2.29. The number of allylic oxidation sites excluding steroid dienone is 28. The molecule has 0 saturated heterocycles. The maximum atomic E-state index is 12.7. The fraction of sp³-hybridized carbons (Fsp3) is 0.552. The third-order valence-corrected chi connectivity index (χ3v) is 12.6. The van der Waals surface area contributed by atoms with Crippen molar-refractivity contribution in [1.29, 1.82) is 0 Å². The van der Waals surface area contributed by atoms with Crippen molar-refractivity contribution in [3.05, 3.63) is 170 Å². The number of ether oxygens (including phenoxy) is 2. The van der Waals surface area contributed by atoms with Crippen molar-refractivity contribution in [3.63, 3.8) is 0 Å². The normalized spacial score (nSPS) is 14.3. The SMILES string of the molecule is CC/C=C\C/C=C\C/C=C\C/C=C\C/C=C\C/C=C\C/C=C\C/C=C\CCCCC(=O)OC(COC(=O)CCCCCCCCCCCC/C=C\C/C=C\C/C=C\C/C=C\C/C=C\C/C=C\CC)COP(=O)(O)OCCN. The van der Waals surface area contributed by atoms with E-state index in [1.54, 1.807) is 0 Å². The lowest BCUT2D eigenvalue weighted by molar-refractivity contribution is -0.161. The Balaban J connectivity index is 4.13. The third kappa shape index (κ3) is 60.5. The van der Waals surface area contributed by atoms with Crippen LogP contribution in [0.15, 0.2) is 170 Å². The topological polar surface area (TPSA) is 134 Å². The van der Waals surface area contributed by atoms with Crippen LogP contribution in [-0.4, -0.2) is 49.3 Å². The van der Waals surface area contributed by atoms with Gasteiger partial charge in [0.25, 0.3) is 0 Å². The van der Waals surface area contributed by atoms with E-state index in [4.69, 9.17) is 24.3 Å². The Kier molecular flexibility index (Phi) is 57.0. The number of esters is 2. The molecule has 0 saturated carbocycles. The van der Waals surface area contributed by atoms with Crippen molar-refractivity contribution < 1.29 is 37.6 Å². The first-order chi connectivity index (χ1) is 37.8. The average molecular weight is 1080 g/mol. The quantitative estimate of drug-likeness (QED) is 0.0264. The summed E-state index contributed by atoms with van der Waals surface area (Å²) >= 11 is 0. The van der Waals surface area contributed by atoms with E-state index in [2.05, 4.69) is 184 Å². The molecule has 0 aromatic rings. The van der Waals surface area contributed by atoms with Gasteiger partial charge in [0, 0.05) is 19.4 Å².